The van der Waals surface area contributed by atoms with Crippen LogP contribution >= 0.6 is 0 Å². The van der Waals surface area contributed by atoms with E-state index in [-0.39, 0.29) is 0 Å². The van der Waals surface area contributed by atoms with Crippen LogP contribution in [0.15, 0.2) is 0 Å². The molecule has 10 atom stereocenters. The van der Waals surface area contributed by atoms with Gasteiger partial charge in [0, 0.05) is 0 Å². The summed E-state index contributed by atoms with van der Waals surface area (Å²) >= 11 is 0. The first-order chi connectivity index (χ1) is 10.8. The quantitative estimate of drug-likeness (QED) is 0.243. The Balaban J connectivity index is 2.07. The fourth-order valence-electron chi connectivity index (χ4n) is 2.54. The zero-order valence-corrected chi connectivity index (χ0v) is 12.1. The SMILES string of the molecule is N[C@H]1[C@H](O[C@H]2O[C@H](CO)[C@@H](O)[C@H](O)[C@@H]2O)O[C@H](CO)[C@@H](O)[C@@H]1O. The van der Waals surface area contributed by atoms with Crippen molar-refractivity contribution in [1.82, 2.24) is 0 Å². The third-order valence-corrected chi connectivity index (χ3v) is 4.05. The van der Waals surface area contributed by atoms with Crippen LogP contribution in [-0.2, 0) is 14.2 Å². The summed E-state index contributed by atoms with van der Waals surface area (Å²) in [5.74, 6) is 0. The highest BCUT2D eigenvalue weighted by Gasteiger charge is 2.48. The summed E-state index contributed by atoms with van der Waals surface area (Å²) in [6, 6.07) is -1.22. The lowest BCUT2D eigenvalue weighted by molar-refractivity contribution is -0.361. The Kier molecular flexibility index (Phi) is 6.27. The second-order valence-electron chi connectivity index (χ2n) is 5.62. The average molecular weight is 341 g/mol. The number of hydrogen-bond acceptors (Lipinski definition) is 11. The molecule has 11 heteroatoms. The van der Waals surface area contributed by atoms with Crippen molar-refractivity contribution in [2.75, 3.05) is 13.2 Å². The Hall–Kier alpha value is -0.440. The van der Waals surface area contributed by atoms with Gasteiger partial charge in [0.15, 0.2) is 12.6 Å². The molecule has 23 heavy (non-hydrogen) atoms. The molecule has 0 amide bonds. The second kappa shape index (κ2) is 7.63. The van der Waals surface area contributed by atoms with Crippen molar-refractivity contribution >= 4 is 0 Å². The summed E-state index contributed by atoms with van der Waals surface area (Å²) in [4.78, 5) is 0. The minimum Gasteiger partial charge on any atom is -0.394 e. The van der Waals surface area contributed by atoms with E-state index in [0.29, 0.717) is 0 Å². The van der Waals surface area contributed by atoms with Gasteiger partial charge in [0.1, 0.15) is 42.7 Å². The van der Waals surface area contributed by atoms with E-state index in [1.54, 1.807) is 0 Å². The van der Waals surface area contributed by atoms with Crippen LogP contribution in [0.3, 0.4) is 0 Å². The number of nitrogens with two attached hydrogens (primary N) is 1. The first-order valence-electron chi connectivity index (χ1n) is 7.15. The van der Waals surface area contributed by atoms with Crippen molar-refractivity contribution in [2.45, 2.75) is 61.3 Å². The lowest BCUT2D eigenvalue weighted by atomic mass is 9.97. The van der Waals surface area contributed by atoms with Gasteiger partial charge in [-0.05, 0) is 0 Å². The molecule has 0 saturated carbocycles. The predicted octanol–water partition coefficient (Wildman–Crippen LogP) is -5.43. The second-order valence-corrected chi connectivity index (χ2v) is 5.62. The minimum atomic E-state index is -1.67. The molecule has 2 heterocycles. The summed E-state index contributed by atoms with van der Waals surface area (Å²) in [6.07, 6.45) is -13.0. The topological polar surface area (TPSA) is 195 Å². The Morgan fingerprint density at radius 3 is 1.70 bits per heavy atom. The Labute approximate surface area is 131 Å². The molecule has 9 N–H and O–H groups in total. The van der Waals surface area contributed by atoms with Gasteiger partial charge in [-0.1, -0.05) is 0 Å². The van der Waals surface area contributed by atoms with Crippen LogP contribution in [-0.4, -0.2) is 110 Å². The molecule has 2 rings (SSSR count). The van der Waals surface area contributed by atoms with Crippen LogP contribution in [0.2, 0.25) is 0 Å². The molecule has 2 aliphatic heterocycles. The van der Waals surface area contributed by atoms with Crippen LogP contribution in [0.25, 0.3) is 0 Å². The van der Waals surface area contributed by atoms with Gasteiger partial charge in [0.25, 0.3) is 0 Å². The van der Waals surface area contributed by atoms with Crippen molar-refractivity contribution in [3.8, 4) is 0 Å². The zero-order valence-electron chi connectivity index (χ0n) is 12.1. The van der Waals surface area contributed by atoms with E-state index in [2.05, 4.69) is 0 Å². The van der Waals surface area contributed by atoms with Crippen LogP contribution in [0.1, 0.15) is 0 Å². The molecular weight excluding hydrogens is 318 g/mol. The summed E-state index contributed by atoms with van der Waals surface area (Å²) in [5.41, 5.74) is 5.68. The first kappa shape index (κ1) is 18.9. The van der Waals surface area contributed by atoms with E-state index in [0.717, 1.165) is 0 Å². The Bertz CT molecular complexity index is 349. The highest BCUT2D eigenvalue weighted by molar-refractivity contribution is 4.93. The van der Waals surface area contributed by atoms with E-state index < -0.39 is 74.6 Å². The van der Waals surface area contributed by atoms with Gasteiger partial charge >= 0.3 is 0 Å². The maximum absolute atomic E-state index is 9.88. The van der Waals surface area contributed by atoms with Gasteiger partial charge in [0.05, 0.1) is 19.3 Å². The number of aliphatic hydroxyl groups is 7. The fourth-order valence-corrected chi connectivity index (χ4v) is 2.54. The molecule has 2 fully saturated rings. The third-order valence-electron chi connectivity index (χ3n) is 4.05. The van der Waals surface area contributed by atoms with Gasteiger partial charge in [-0.25, -0.2) is 0 Å². The monoisotopic (exact) mass is 341 g/mol. The maximum Gasteiger partial charge on any atom is 0.189 e. The molecule has 0 aromatic heterocycles. The number of aliphatic hydroxyl groups excluding tert-OH is 7. The standard InChI is InChI=1S/C12H23NO10/c13-5-8(18)6(16)3(1-14)21-11(5)23-12-10(20)9(19)7(17)4(2-15)22-12/h3-12,14-20H,1-2,13H2/t3-,4-,5-,6-,7-,8-,9+,10+,11+,12-/m1/s1. The first-order valence-corrected chi connectivity index (χ1v) is 7.15. The van der Waals surface area contributed by atoms with Gasteiger partial charge in [-0.2, -0.15) is 0 Å². The highest BCUT2D eigenvalue weighted by Crippen LogP contribution is 2.27. The summed E-state index contributed by atoms with van der Waals surface area (Å²) in [5, 5.41) is 67.0. The van der Waals surface area contributed by atoms with Crippen LogP contribution in [0.4, 0.5) is 0 Å². The smallest absolute Gasteiger partial charge is 0.189 e. The average Bonchev–Trinajstić information content (AvgIpc) is 2.55. The molecule has 2 saturated heterocycles. The maximum atomic E-state index is 9.88. The lowest BCUT2D eigenvalue weighted by Crippen LogP contribution is -2.65. The number of rotatable bonds is 4. The molecule has 2 aliphatic rings. The van der Waals surface area contributed by atoms with Gasteiger partial charge in [-0.3, -0.25) is 0 Å². The molecule has 0 aliphatic carbocycles. The van der Waals surface area contributed by atoms with Crippen molar-refractivity contribution < 1.29 is 50.0 Å². The molecule has 0 spiro atoms. The van der Waals surface area contributed by atoms with Gasteiger partial charge in [-0.15, -0.1) is 0 Å². The Morgan fingerprint density at radius 1 is 0.696 bits per heavy atom. The van der Waals surface area contributed by atoms with Crippen molar-refractivity contribution in [3.63, 3.8) is 0 Å². The Morgan fingerprint density at radius 2 is 1.17 bits per heavy atom. The minimum absolute atomic E-state index is 0.612. The summed E-state index contributed by atoms with van der Waals surface area (Å²) in [7, 11) is 0. The van der Waals surface area contributed by atoms with E-state index in [1.807, 2.05) is 0 Å². The largest absolute Gasteiger partial charge is 0.394 e. The third kappa shape index (κ3) is 3.65. The van der Waals surface area contributed by atoms with Crippen molar-refractivity contribution in [1.29, 1.82) is 0 Å². The van der Waals surface area contributed by atoms with E-state index in [4.69, 9.17) is 30.2 Å². The number of ether oxygens (including phenoxy) is 3. The highest BCUT2D eigenvalue weighted by atomic mass is 16.8. The molecule has 0 radical (unpaired) electrons. The summed E-state index contributed by atoms with van der Waals surface area (Å²) in [6.45, 7) is -1.25. The molecule has 0 aromatic carbocycles. The molecule has 0 unspecified atom stereocenters. The molecule has 136 valence electrons. The van der Waals surface area contributed by atoms with Crippen LogP contribution < -0.4 is 5.73 Å². The van der Waals surface area contributed by atoms with Crippen LogP contribution in [0, 0.1) is 0 Å². The molecule has 11 nitrogen and oxygen atoms in total. The fraction of sp³-hybridized carbons (Fsp3) is 1.00. The molecular formula is C12H23NO10. The van der Waals surface area contributed by atoms with Gasteiger partial charge in [0.2, 0.25) is 0 Å². The molecule has 0 aromatic rings. The van der Waals surface area contributed by atoms with Crippen LogP contribution in [0.5, 0.6) is 0 Å². The van der Waals surface area contributed by atoms with E-state index in [9.17, 15) is 25.5 Å². The molecule has 0 bridgehead atoms. The van der Waals surface area contributed by atoms with Crippen molar-refractivity contribution in [2.24, 2.45) is 5.73 Å². The predicted molar refractivity (Wildman–Crippen MR) is 70.6 cm³/mol. The van der Waals surface area contributed by atoms with E-state index >= 15 is 0 Å². The lowest BCUT2D eigenvalue weighted by Gasteiger charge is -2.45. The number of hydrogen-bond donors (Lipinski definition) is 8. The normalized spacial score (nSPS) is 51.7. The summed E-state index contributed by atoms with van der Waals surface area (Å²) < 4.78 is 15.6. The van der Waals surface area contributed by atoms with Crippen molar-refractivity contribution in [3.05, 3.63) is 0 Å². The zero-order chi connectivity index (χ0) is 17.3. The van der Waals surface area contributed by atoms with Gasteiger partial charge < -0.3 is 55.7 Å². The van der Waals surface area contributed by atoms with E-state index in [1.165, 1.54) is 0 Å².